The number of hydrogen-bond acceptors (Lipinski definition) is 2. The van der Waals surface area contributed by atoms with Crippen LogP contribution in [0.3, 0.4) is 0 Å². The van der Waals surface area contributed by atoms with Crippen molar-refractivity contribution in [2.45, 2.75) is 45.6 Å². The summed E-state index contributed by atoms with van der Waals surface area (Å²) in [6.07, 6.45) is 6.37. The van der Waals surface area contributed by atoms with E-state index in [-0.39, 0.29) is 5.82 Å². The third-order valence-corrected chi connectivity index (χ3v) is 4.58. The molecule has 1 aromatic rings. The largest absolute Gasteiger partial charge is 0.389 e. The second-order valence-electron chi connectivity index (χ2n) is 6.03. The highest BCUT2D eigenvalue weighted by molar-refractivity contribution is 7.80. The van der Waals surface area contributed by atoms with E-state index in [1.807, 2.05) is 0 Å². The van der Waals surface area contributed by atoms with Crippen LogP contribution in [0.15, 0.2) is 18.2 Å². The van der Waals surface area contributed by atoms with E-state index in [4.69, 9.17) is 18.0 Å². The summed E-state index contributed by atoms with van der Waals surface area (Å²) in [6.45, 7) is 5.15. The normalized spacial score (nSPS) is 20.2. The number of rotatable bonds is 5. The molecule has 1 aliphatic heterocycles. The van der Waals surface area contributed by atoms with Crippen LogP contribution in [-0.4, -0.2) is 23.0 Å². The van der Waals surface area contributed by atoms with Gasteiger partial charge in [-0.15, -0.1) is 0 Å². The van der Waals surface area contributed by atoms with Gasteiger partial charge in [-0.05, 0) is 62.0 Å². The fourth-order valence-corrected chi connectivity index (χ4v) is 3.45. The molecular formula is C17H25FN2S. The molecule has 4 heteroatoms. The predicted octanol–water partition coefficient (Wildman–Crippen LogP) is 3.86. The predicted molar refractivity (Wildman–Crippen MR) is 89.8 cm³/mol. The third kappa shape index (κ3) is 4.75. The Kier molecular flexibility index (Phi) is 6.12. The molecule has 1 aliphatic rings. The number of likely N-dealkylation sites (tertiary alicyclic amines) is 1. The van der Waals surface area contributed by atoms with Crippen molar-refractivity contribution in [1.29, 1.82) is 0 Å². The molecule has 21 heavy (non-hydrogen) atoms. The Bertz CT molecular complexity index is 490. The van der Waals surface area contributed by atoms with Crippen molar-refractivity contribution < 1.29 is 4.39 Å². The quantitative estimate of drug-likeness (QED) is 0.838. The average Bonchev–Trinajstić information content (AvgIpc) is 2.65. The molecule has 2 nitrogen and oxygen atoms in total. The molecule has 0 amide bonds. The molecule has 2 rings (SSSR count). The highest BCUT2D eigenvalue weighted by atomic mass is 32.1. The van der Waals surface area contributed by atoms with Crippen LogP contribution in [0.25, 0.3) is 0 Å². The highest BCUT2D eigenvalue weighted by Crippen LogP contribution is 2.23. The van der Waals surface area contributed by atoms with Gasteiger partial charge in [-0.2, -0.15) is 0 Å². The number of thiocarbonyl (C=S) groups is 1. The number of halogens is 1. The molecular weight excluding hydrogens is 283 g/mol. The Morgan fingerprint density at radius 2 is 2.19 bits per heavy atom. The van der Waals surface area contributed by atoms with Crippen molar-refractivity contribution in [2.75, 3.05) is 13.1 Å². The molecule has 1 unspecified atom stereocenters. The molecule has 116 valence electrons. The van der Waals surface area contributed by atoms with Gasteiger partial charge in [0.1, 0.15) is 10.8 Å². The zero-order valence-electron chi connectivity index (χ0n) is 12.8. The Morgan fingerprint density at radius 1 is 1.38 bits per heavy atom. The Labute approximate surface area is 132 Å². The van der Waals surface area contributed by atoms with Gasteiger partial charge < -0.3 is 5.73 Å². The first-order chi connectivity index (χ1) is 10.1. The maximum absolute atomic E-state index is 13.5. The summed E-state index contributed by atoms with van der Waals surface area (Å²) in [7, 11) is 0. The van der Waals surface area contributed by atoms with Crippen LogP contribution in [0, 0.1) is 11.7 Å². The zero-order chi connectivity index (χ0) is 15.2. The minimum absolute atomic E-state index is 0.219. The monoisotopic (exact) mass is 308 g/mol. The molecule has 0 saturated carbocycles. The summed E-state index contributed by atoms with van der Waals surface area (Å²) in [5, 5.41) is 0. The molecule has 0 bridgehead atoms. The van der Waals surface area contributed by atoms with Crippen molar-refractivity contribution >= 4 is 17.2 Å². The molecule has 1 heterocycles. The van der Waals surface area contributed by atoms with E-state index in [9.17, 15) is 4.39 Å². The van der Waals surface area contributed by atoms with Crippen LogP contribution in [0.1, 0.15) is 50.2 Å². The minimum Gasteiger partial charge on any atom is -0.389 e. The fourth-order valence-electron chi connectivity index (χ4n) is 3.25. The van der Waals surface area contributed by atoms with Gasteiger partial charge in [0, 0.05) is 12.1 Å². The lowest BCUT2D eigenvalue weighted by atomic mass is 9.96. The second kappa shape index (κ2) is 7.85. The lowest BCUT2D eigenvalue weighted by Crippen LogP contribution is -2.26. The van der Waals surface area contributed by atoms with E-state index in [0.29, 0.717) is 4.99 Å². The van der Waals surface area contributed by atoms with Crippen LogP contribution in [0.4, 0.5) is 4.39 Å². The van der Waals surface area contributed by atoms with Gasteiger partial charge in [-0.25, -0.2) is 4.39 Å². The van der Waals surface area contributed by atoms with Gasteiger partial charge in [0.15, 0.2) is 0 Å². The molecule has 2 N–H and O–H groups in total. The molecule has 0 aromatic heterocycles. The van der Waals surface area contributed by atoms with Crippen LogP contribution in [0.2, 0.25) is 0 Å². The first kappa shape index (κ1) is 16.4. The molecule has 1 atom stereocenters. The lowest BCUT2D eigenvalue weighted by molar-refractivity contribution is 0.271. The van der Waals surface area contributed by atoms with Gasteiger partial charge in [0.25, 0.3) is 0 Å². The first-order valence-electron chi connectivity index (χ1n) is 7.90. The maximum Gasteiger partial charge on any atom is 0.123 e. The summed E-state index contributed by atoms with van der Waals surface area (Å²) in [4.78, 5) is 2.76. The SMILES string of the molecule is CCCC1CCCN(Cc2cc(F)ccc2C(N)=S)CC1. The van der Waals surface area contributed by atoms with E-state index in [1.54, 1.807) is 12.1 Å². The van der Waals surface area contributed by atoms with E-state index < -0.39 is 0 Å². The molecule has 1 fully saturated rings. The second-order valence-corrected chi connectivity index (χ2v) is 6.47. The maximum atomic E-state index is 13.5. The van der Waals surface area contributed by atoms with Gasteiger partial charge in [0.05, 0.1) is 0 Å². The number of nitrogens with zero attached hydrogens (tertiary/aromatic N) is 1. The molecule has 1 aromatic carbocycles. The highest BCUT2D eigenvalue weighted by Gasteiger charge is 2.18. The van der Waals surface area contributed by atoms with Gasteiger partial charge >= 0.3 is 0 Å². The average molecular weight is 308 g/mol. The summed E-state index contributed by atoms with van der Waals surface area (Å²) in [6, 6.07) is 4.70. The van der Waals surface area contributed by atoms with Crippen LogP contribution < -0.4 is 5.73 Å². The summed E-state index contributed by atoms with van der Waals surface area (Å²) in [5.41, 5.74) is 7.47. The van der Waals surface area contributed by atoms with Gasteiger partial charge in [0.2, 0.25) is 0 Å². The summed E-state index contributed by atoms with van der Waals surface area (Å²) in [5.74, 6) is 0.631. The molecule has 0 radical (unpaired) electrons. The van der Waals surface area contributed by atoms with Gasteiger partial charge in [-0.1, -0.05) is 32.0 Å². The van der Waals surface area contributed by atoms with Crippen molar-refractivity contribution in [3.63, 3.8) is 0 Å². The van der Waals surface area contributed by atoms with Crippen LogP contribution in [-0.2, 0) is 6.54 Å². The van der Waals surface area contributed by atoms with E-state index in [2.05, 4.69) is 11.8 Å². The van der Waals surface area contributed by atoms with E-state index >= 15 is 0 Å². The molecule has 0 spiro atoms. The Morgan fingerprint density at radius 3 is 2.90 bits per heavy atom. The van der Waals surface area contributed by atoms with Crippen LogP contribution >= 0.6 is 12.2 Å². The smallest absolute Gasteiger partial charge is 0.123 e. The minimum atomic E-state index is -0.219. The lowest BCUT2D eigenvalue weighted by Gasteiger charge is -2.21. The van der Waals surface area contributed by atoms with Crippen molar-refractivity contribution in [1.82, 2.24) is 4.90 Å². The van der Waals surface area contributed by atoms with Gasteiger partial charge in [-0.3, -0.25) is 4.90 Å². The van der Waals surface area contributed by atoms with E-state index in [1.165, 1.54) is 38.2 Å². The summed E-state index contributed by atoms with van der Waals surface area (Å²) < 4.78 is 13.5. The van der Waals surface area contributed by atoms with Crippen LogP contribution in [0.5, 0.6) is 0 Å². The number of benzene rings is 1. The Hall–Kier alpha value is -1.00. The summed E-state index contributed by atoms with van der Waals surface area (Å²) >= 11 is 5.08. The Balaban J connectivity index is 2.04. The zero-order valence-corrected chi connectivity index (χ0v) is 13.6. The number of hydrogen-bond donors (Lipinski definition) is 1. The van der Waals surface area contributed by atoms with Crippen molar-refractivity contribution in [2.24, 2.45) is 11.7 Å². The topological polar surface area (TPSA) is 29.3 Å². The first-order valence-corrected chi connectivity index (χ1v) is 8.31. The number of nitrogens with two attached hydrogens (primary N) is 1. The van der Waals surface area contributed by atoms with Crippen molar-refractivity contribution in [3.05, 3.63) is 35.1 Å². The van der Waals surface area contributed by atoms with E-state index in [0.717, 1.165) is 36.7 Å². The standard InChI is InChI=1S/C17H25FN2S/c1-2-4-13-5-3-9-20(10-8-13)12-14-11-15(18)6-7-16(14)17(19)21/h6-7,11,13H,2-5,8-10,12H2,1H3,(H2,19,21). The molecule has 0 aliphatic carbocycles. The van der Waals surface area contributed by atoms with Crippen molar-refractivity contribution in [3.8, 4) is 0 Å². The molecule has 1 saturated heterocycles. The third-order valence-electron chi connectivity index (χ3n) is 4.36. The fraction of sp³-hybridized carbons (Fsp3) is 0.588.